The first kappa shape index (κ1) is 40.5. The van der Waals surface area contributed by atoms with E-state index < -0.39 is 32.0 Å². The zero-order valence-electron chi connectivity index (χ0n) is 34.0. The van der Waals surface area contributed by atoms with Crippen LogP contribution in [-0.4, -0.2) is 80.6 Å². The van der Waals surface area contributed by atoms with Gasteiger partial charge in [0.1, 0.15) is 11.4 Å². The molecule has 3 aliphatic rings. The van der Waals surface area contributed by atoms with Gasteiger partial charge in [-0.1, -0.05) is 57.2 Å². The predicted octanol–water partition coefficient (Wildman–Crippen LogP) is 8.86. The normalized spacial score (nSPS) is 20.6. The Bertz CT molecular complexity index is 1680. The Balaban J connectivity index is 1.53. The molecule has 0 radical (unpaired) electrons. The lowest BCUT2D eigenvalue weighted by atomic mass is 9.73. The largest absolute Gasteiger partial charge is 0.496 e. The molecule has 3 atom stereocenters. The molecule has 290 valence electrons. The lowest BCUT2D eigenvalue weighted by molar-refractivity contribution is -0.149. The van der Waals surface area contributed by atoms with E-state index in [9.17, 15) is 9.59 Å². The van der Waals surface area contributed by atoms with Crippen LogP contribution >= 0.6 is 0 Å². The molecule has 2 aromatic carbocycles. The van der Waals surface area contributed by atoms with E-state index in [1.54, 1.807) is 12.0 Å². The van der Waals surface area contributed by atoms with Crippen molar-refractivity contribution in [3.05, 3.63) is 70.3 Å². The molecule has 0 aromatic heterocycles. The molecule has 0 N–H and O–H groups in total. The van der Waals surface area contributed by atoms with Crippen molar-refractivity contribution in [2.45, 2.75) is 142 Å². The molecule has 2 heterocycles. The van der Waals surface area contributed by atoms with Gasteiger partial charge in [0.25, 0.3) is 5.91 Å². The van der Waals surface area contributed by atoms with E-state index >= 15 is 4.79 Å². The highest BCUT2D eigenvalue weighted by Crippen LogP contribution is 2.46. The highest BCUT2D eigenvalue weighted by Gasteiger charge is 2.51. The van der Waals surface area contributed by atoms with Crippen LogP contribution in [0.3, 0.4) is 0 Å². The van der Waals surface area contributed by atoms with Gasteiger partial charge in [0.2, 0.25) is 0 Å². The molecule has 2 aliphatic heterocycles. The zero-order chi connectivity index (χ0) is 38.9. The third kappa shape index (κ3) is 9.37. The number of esters is 1. The number of benzene rings is 2. The molecule has 2 bridgehead atoms. The SMILES string of the molecule is COC(=O)C1CC2CC(c3ccc(CCCO[Si](C)(C)C(C)(C)C)cc3)=C(C(=O)N(Cc3cccc(OC)c3C)C3CC3)C(C1)N2C(=O)OC(C)(C)C. The van der Waals surface area contributed by atoms with E-state index in [0.717, 1.165) is 60.3 Å². The summed E-state index contributed by atoms with van der Waals surface area (Å²) < 4.78 is 23.2. The van der Waals surface area contributed by atoms with E-state index in [2.05, 4.69) is 58.1 Å². The monoisotopic (exact) mass is 746 g/mol. The van der Waals surface area contributed by atoms with Gasteiger partial charge >= 0.3 is 12.1 Å². The van der Waals surface area contributed by atoms with Gasteiger partial charge in [-0.2, -0.15) is 0 Å². The van der Waals surface area contributed by atoms with Crippen LogP contribution in [-0.2, 0) is 36.5 Å². The van der Waals surface area contributed by atoms with Crippen LogP contribution in [0.4, 0.5) is 4.79 Å². The van der Waals surface area contributed by atoms with Crippen LogP contribution in [0.1, 0.15) is 102 Å². The smallest absolute Gasteiger partial charge is 0.411 e. The highest BCUT2D eigenvalue weighted by molar-refractivity contribution is 6.74. The van der Waals surface area contributed by atoms with Crippen LogP contribution in [0.2, 0.25) is 18.1 Å². The van der Waals surface area contributed by atoms with E-state index in [0.29, 0.717) is 25.0 Å². The predicted molar refractivity (Wildman–Crippen MR) is 211 cm³/mol. The standard InChI is InChI=1S/C43H62N2O7Si/c1-28-31(15-12-16-37(28)49-8)27-44(33-21-22-33)39(46)38-35(30-19-17-29(18-20-30)14-13-23-51-53(10,11)43(5,6)7)26-34-24-32(40(47)50-9)25-36(38)45(34)41(48)52-42(2,3)4/h12,15-20,32-34,36H,13-14,21-27H2,1-11H3. The molecule has 2 amide bonds. The number of fused-ring (bicyclic) bond motifs is 2. The number of carbonyl (C=O) groups is 3. The van der Waals surface area contributed by atoms with Crippen molar-refractivity contribution in [1.29, 1.82) is 0 Å². The minimum atomic E-state index is -1.81. The molecule has 53 heavy (non-hydrogen) atoms. The summed E-state index contributed by atoms with van der Waals surface area (Å²) in [4.78, 5) is 46.1. The van der Waals surface area contributed by atoms with Crippen LogP contribution in [0.5, 0.6) is 5.75 Å². The zero-order valence-corrected chi connectivity index (χ0v) is 35.0. The molecular weight excluding hydrogens is 685 g/mol. The Labute approximate surface area is 318 Å². The number of methoxy groups -OCH3 is 2. The number of ether oxygens (including phenoxy) is 3. The number of rotatable bonds is 12. The fourth-order valence-corrected chi connectivity index (χ4v) is 8.58. The average Bonchev–Trinajstić information content (AvgIpc) is 3.93. The maximum absolute atomic E-state index is 15.3. The summed E-state index contributed by atoms with van der Waals surface area (Å²) in [6.07, 6.45) is 4.36. The summed E-state index contributed by atoms with van der Waals surface area (Å²) in [5.41, 5.74) is 4.98. The topological polar surface area (TPSA) is 94.6 Å². The Morgan fingerprint density at radius 1 is 0.943 bits per heavy atom. The maximum Gasteiger partial charge on any atom is 0.411 e. The molecule has 5 rings (SSSR count). The summed E-state index contributed by atoms with van der Waals surface area (Å²) in [7, 11) is 1.25. The number of nitrogens with zero attached hydrogens (tertiary/aromatic N) is 2. The van der Waals surface area contributed by atoms with E-state index in [4.69, 9.17) is 18.6 Å². The van der Waals surface area contributed by atoms with Crippen molar-refractivity contribution in [2.75, 3.05) is 20.8 Å². The number of hydrogen-bond donors (Lipinski definition) is 0. The Morgan fingerprint density at radius 3 is 2.21 bits per heavy atom. The van der Waals surface area contributed by atoms with Crippen molar-refractivity contribution in [2.24, 2.45) is 5.92 Å². The van der Waals surface area contributed by atoms with Gasteiger partial charge in [0.15, 0.2) is 8.32 Å². The summed E-state index contributed by atoms with van der Waals surface area (Å²) >= 11 is 0. The van der Waals surface area contributed by atoms with E-state index in [1.165, 1.54) is 12.7 Å². The van der Waals surface area contributed by atoms with Gasteiger partial charge in [0, 0.05) is 30.8 Å². The van der Waals surface area contributed by atoms with Crippen molar-refractivity contribution >= 4 is 31.9 Å². The highest BCUT2D eigenvalue weighted by atomic mass is 28.4. The molecule has 1 saturated heterocycles. The van der Waals surface area contributed by atoms with Crippen molar-refractivity contribution < 1.29 is 33.0 Å². The molecule has 0 spiro atoms. The van der Waals surface area contributed by atoms with Gasteiger partial charge in [-0.3, -0.25) is 14.5 Å². The summed E-state index contributed by atoms with van der Waals surface area (Å²) in [6.45, 7) is 20.1. The number of carbonyl (C=O) groups excluding carboxylic acids is 3. The minimum absolute atomic E-state index is 0.0884. The molecule has 2 aromatic rings. The summed E-state index contributed by atoms with van der Waals surface area (Å²) in [5, 5.41) is 0.174. The first-order chi connectivity index (χ1) is 24.8. The number of amides is 2. The Hall–Kier alpha value is -3.63. The Morgan fingerprint density at radius 2 is 1.62 bits per heavy atom. The van der Waals surface area contributed by atoms with Gasteiger partial charge in [-0.25, -0.2) is 4.79 Å². The van der Waals surface area contributed by atoms with Crippen molar-refractivity contribution in [1.82, 2.24) is 9.80 Å². The second-order valence-corrected chi connectivity index (χ2v) is 22.5. The molecule has 1 aliphatic carbocycles. The molecule has 3 unspecified atom stereocenters. The first-order valence-corrected chi connectivity index (χ1v) is 22.2. The molecule has 10 heteroatoms. The fourth-order valence-electron chi connectivity index (χ4n) is 7.49. The van der Waals surface area contributed by atoms with Gasteiger partial charge in [-0.05, 0) is 125 Å². The second-order valence-electron chi connectivity index (χ2n) is 17.7. The first-order valence-electron chi connectivity index (χ1n) is 19.3. The number of hydrogen-bond acceptors (Lipinski definition) is 7. The molecule has 2 fully saturated rings. The van der Waals surface area contributed by atoms with Gasteiger partial charge < -0.3 is 23.5 Å². The average molecular weight is 747 g/mol. The van der Waals surface area contributed by atoms with Crippen molar-refractivity contribution in [3.8, 4) is 5.75 Å². The van der Waals surface area contributed by atoms with E-state index in [-0.39, 0.29) is 35.4 Å². The van der Waals surface area contributed by atoms with E-state index in [1.807, 2.05) is 50.8 Å². The van der Waals surface area contributed by atoms with Gasteiger partial charge in [-0.15, -0.1) is 0 Å². The third-order valence-electron chi connectivity index (χ3n) is 11.6. The molecular formula is C43H62N2O7Si. The summed E-state index contributed by atoms with van der Waals surface area (Å²) in [6, 6.07) is 13.6. The maximum atomic E-state index is 15.3. The Kier molecular flexibility index (Phi) is 12.2. The number of piperidine rings is 1. The lowest BCUT2D eigenvalue weighted by Gasteiger charge is -2.49. The van der Waals surface area contributed by atoms with Crippen LogP contribution in [0.15, 0.2) is 48.0 Å². The van der Waals surface area contributed by atoms with Crippen molar-refractivity contribution in [3.63, 3.8) is 0 Å². The fraction of sp³-hybridized carbons (Fsp3) is 0.605. The van der Waals surface area contributed by atoms with Crippen LogP contribution in [0, 0.1) is 12.8 Å². The number of aryl methyl sites for hydroxylation is 1. The lowest BCUT2D eigenvalue weighted by Crippen LogP contribution is -2.59. The minimum Gasteiger partial charge on any atom is -0.496 e. The second kappa shape index (κ2) is 16.0. The van der Waals surface area contributed by atoms with Crippen LogP contribution < -0.4 is 4.74 Å². The summed E-state index contributed by atoms with van der Waals surface area (Å²) in [5.74, 6) is -0.0721. The molecule has 1 saturated carbocycles. The van der Waals surface area contributed by atoms with Gasteiger partial charge in [0.05, 0.1) is 26.2 Å². The third-order valence-corrected chi connectivity index (χ3v) is 16.2. The quantitative estimate of drug-likeness (QED) is 0.122. The van der Waals surface area contributed by atoms with Crippen LogP contribution in [0.25, 0.3) is 5.57 Å². The molecule has 9 nitrogen and oxygen atoms in total.